The van der Waals surface area contributed by atoms with Gasteiger partial charge in [-0.2, -0.15) is 0 Å². The summed E-state index contributed by atoms with van der Waals surface area (Å²) in [5.74, 6) is -0.690. The number of hydrogen-bond donors (Lipinski definition) is 2. The number of carbonyl (C=O) groups excluding carboxylic acids is 1. The van der Waals surface area contributed by atoms with Crippen LogP contribution in [-0.4, -0.2) is 48.1 Å². The second-order valence-corrected chi connectivity index (χ2v) is 4.36. The molecule has 0 aromatic carbocycles. The summed E-state index contributed by atoms with van der Waals surface area (Å²) >= 11 is 0. The first-order chi connectivity index (χ1) is 7.56. The molecule has 1 fully saturated rings. The lowest BCUT2D eigenvalue weighted by molar-refractivity contribution is -0.147. The van der Waals surface area contributed by atoms with Crippen molar-refractivity contribution in [2.24, 2.45) is 11.8 Å². The van der Waals surface area contributed by atoms with Crippen LogP contribution in [0.2, 0.25) is 0 Å². The molecule has 1 heterocycles. The van der Waals surface area contributed by atoms with Crippen LogP contribution in [0.5, 0.6) is 0 Å². The van der Waals surface area contributed by atoms with Crippen molar-refractivity contribution in [2.75, 3.05) is 26.2 Å². The highest BCUT2D eigenvalue weighted by Crippen LogP contribution is 2.18. The molecule has 1 atom stereocenters. The highest BCUT2D eigenvalue weighted by atomic mass is 16.4. The maximum Gasteiger partial charge on any atom is 0.323 e. The summed E-state index contributed by atoms with van der Waals surface area (Å²) in [5, 5.41) is 11.9. The van der Waals surface area contributed by atoms with Crippen LogP contribution in [0.4, 0.5) is 0 Å². The van der Waals surface area contributed by atoms with E-state index < -0.39 is 5.97 Å². The highest BCUT2D eigenvalue weighted by molar-refractivity contribution is 5.83. The molecule has 2 N–H and O–H groups in total. The van der Waals surface area contributed by atoms with Gasteiger partial charge >= 0.3 is 5.97 Å². The van der Waals surface area contributed by atoms with Gasteiger partial charge in [-0.3, -0.25) is 9.59 Å². The number of nitrogens with zero attached hydrogens (tertiary/aromatic N) is 1. The summed E-state index contributed by atoms with van der Waals surface area (Å²) < 4.78 is 0. The molecule has 5 heteroatoms. The molecule has 1 aliphatic heterocycles. The van der Waals surface area contributed by atoms with E-state index >= 15 is 0 Å². The molecule has 0 aliphatic carbocycles. The molecular weight excluding hydrogens is 208 g/mol. The zero-order chi connectivity index (χ0) is 12.1. The van der Waals surface area contributed by atoms with Gasteiger partial charge in [0.2, 0.25) is 5.91 Å². The van der Waals surface area contributed by atoms with Crippen LogP contribution in [-0.2, 0) is 9.59 Å². The Kier molecular flexibility index (Phi) is 4.73. The first kappa shape index (κ1) is 13.0. The number of carboxylic acid groups (broad SMARTS) is 1. The van der Waals surface area contributed by atoms with Crippen molar-refractivity contribution in [1.29, 1.82) is 0 Å². The Hall–Kier alpha value is -1.10. The summed E-state index contributed by atoms with van der Waals surface area (Å²) in [6.07, 6.45) is 0.786. The number of hydrogen-bond acceptors (Lipinski definition) is 3. The van der Waals surface area contributed by atoms with Gasteiger partial charge < -0.3 is 15.3 Å². The smallest absolute Gasteiger partial charge is 0.323 e. The molecule has 0 aromatic heterocycles. The minimum Gasteiger partial charge on any atom is -0.480 e. The number of carboxylic acids is 1. The third-order valence-corrected chi connectivity index (χ3v) is 3.04. The van der Waals surface area contributed by atoms with Crippen molar-refractivity contribution in [1.82, 2.24) is 10.2 Å². The summed E-state index contributed by atoms with van der Waals surface area (Å²) in [5.41, 5.74) is 0. The average molecular weight is 228 g/mol. The fraction of sp³-hybridized carbons (Fsp3) is 0.818. The average Bonchev–Trinajstić information content (AvgIpc) is 2.12. The first-order valence-corrected chi connectivity index (χ1v) is 5.77. The van der Waals surface area contributed by atoms with Crippen LogP contribution in [0.3, 0.4) is 0 Å². The lowest BCUT2D eigenvalue weighted by atomic mass is 9.88. The van der Waals surface area contributed by atoms with Gasteiger partial charge in [0.1, 0.15) is 6.54 Å². The van der Waals surface area contributed by atoms with Crippen molar-refractivity contribution in [3.63, 3.8) is 0 Å². The predicted molar refractivity (Wildman–Crippen MR) is 60.0 cm³/mol. The topological polar surface area (TPSA) is 69.6 Å². The number of amides is 1. The minimum atomic E-state index is -0.944. The molecule has 1 unspecified atom stereocenters. The fourth-order valence-electron chi connectivity index (χ4n) is 1.85. The largest absolute Gasteiger partial charge is 0.480 e. The summed E-state index contributed by atoms with van der Waals surface area (Å²) in [4.78, 5) is 24.1. The number of nitrogens with one attached hydrogen (secondary N) is 1. The number of rotatable bonds is 6. The zero-order valence-electron chi connectivity index (χ0n) is 9.90. The molecule has 1 amide bonds. The van der Waals surface area contributed by atoms with E-state index in [2.05, 4.69) is 5.32 Å². The van der Waals surface area contributed by atoms with Crippen LogP contribution in [0.25, 0.3) is 0 Å². The molecule has 1 saturated heterocycles. The first-order valence-electron chi connectivity index (χ1n) is 5.77. The van der Waals surface area contributed by atoms with Crippen LogP contribution in [0, 0.1) is 11.8 Å². The second kappa shape index (κ2) is 5.84. The molecule has 0 saturated carbocycles. The van der Waals surface area contributed by atoms with Gasteiger partial charge in [0.15, 0.2) is 0 Å². The van der Waals surface area contributed by atoms with Crippen molar-refractivity contribution in [2.45, 2.75) is 20.3 Å². The monoisotopic (exact) mass is 228 g/mol. The number of aliphatic carboxylic acids is 1. The van der Waals surface area contributed by atoms with Crippen molar-refractivity contribution < 1.29 is 14.7 Å². The van der Waals surface area contributed by atoms with E-state index in [1.165, 1.54) is 4.90 Å². The van der Waals surface area contributed by atoms with Crippen LogP contribution in [0.1, 0.15) is 20.3 Å². The third kappa shape index (κ3) is 3.20. The molecule has 0 bridgehead atoms. The standard InChI is InChI=1S/C11H20N2O3/c1-3-4-13(7-10(14)15)11(16)8(2)9-5-12-6-9/h8-9,12H,3-7H2,1-2H3,(H,14,15). The van der Waals surface area contributed by atoms with Crippen molar-refractivity contribution in [3.05, 3.63) is 0 Å². The molecule has 0 radical (unpaired) electrons. The molecule has 5 nitrogen and oxygen atoms in total. The Bertz CT molecular complexity index is 264. The van der Waals surface area contributed by atoms with Gasteiger partial charge in [-0.25, -0.2) is 0 Å². The van der Waals surface area contributed by atoms with Gasteiger partial charge in [0.05, 0.1) is 0 Å². The maximum atomic E-state index is 12.0. The van der Waals surface area contributed by atoms with E-state index in [4.69, 9.17) is 5.11 Å². The minimum absolute atomic E-state index is 0.0317. The maximum absolute atomic E-state index is 12.0. The summed E-state index contributed by atoms with van der Waals surface area (Å²) in [6, 6.07) is 0. The van der Waals surface area contributed by atoms with Gasteiger partial charge in [0.25, 0.3) is 0 Å². The zero-order valence-corrected chi connectivity index (χ0v) is 9.90. The molecule has 1 aliphatic rings. The number of carbonyl (C=O) groups is 2. The second-order valence-electron chi connectivity index (χ2n) is 4.36. The van der Waals surface area contributed by atoms with E-state index in [0.29, 0.717) is 12.5 Å². The quantitative estimate of drug-likeness (QED) is 0.679. The van der Waals surface area contributed by atoms with Gasteiger partial charge in [-0.15, -0.1) is 0 Å². The van der Waals surface area contributed by atoms with Crippen molar-refractivity contribution in [3.8, 4) is 0 Å². The Labute approximate surface area is 95.8 Å². The van der Waals surface area contributed by atoms with E-state index in [1.54, 1.807) is 0 Å². The Morgan fingerprint density at radius 1 is 1.50 bits per heavy atom. The molecule has 0 aromatic rings. The Balaban J connectivity index is 2.54. The molecular formula is C11H20N2O3. The molecule has 1 rings (SSSR count). The van der Waals surface area contributed by atoms with E-state index in [1.807, 2.05) is 13.8 Å². The van der Waals surface area contributed by atoms with E-state index in [0.717, 1.165) is 19.5 Å². The van der Waals surface area contributed by atoms with Crippen molar-refractivity contribution >= 4 is 11.9 Å². The third-order valence-electron chi connectivity index (χ3n) is 3.04. The molecule has 16 heavy (non-hydrogen) atoms. The lowest BCUT2D eigenvalue weighted by Gasteiger charge is -2.34. The molecule has 0 spiro atoms. The predicted octanol–water partition coefficient (Wildman–Crippen LogP) is 0.165. The van der Waals surface area contributed by atoms with E-state index in [-0.39, 0.29) is 18.4 Å². The normalized spacial score (nSPS) is 17.6. The van der Waals surface area contributed by atoms with Crippen LogP contribution in [0.15, 0.2) is 0 Å². The van der Waals surface area contributed by atoms with Gasteiger partial charge in [0, 0.05) is 12.5 Å². The van der Waals surface area contributed by atoms with E-state index in [9.17, 15) is 9.59 Å². The molecule has 92 valence electrons. The summed E-state index contributed by atoms with van der Waals surface area (Å²) in [7, 11) is 0. The highest BCUT2D eigenvalue weighted by Gasteiger charge is 2.31. The van der Waals surface area contributed by atoms with Gasteiger partial charge in [-0.05, 0) is 25.4 Å². The van der Waals surface area contributed by atoms with Crippen LogP contribution < -0.4 is 5.32 Å². The Morgan fingerprint density at radius 2 is 2.12 bits per heavy atom. The SMILES string of the molecule is CCCN(CC(=O)O)C(=O)C(C)C1CNC1. The lowest BCUT2D eigenvalue weighted by Crippen LogP contribution is -2.51. The van der Waals surface area contributed by atoms with Crippen LogP contribution >= 0.6 is 0 Å². The summed E-state index contributed by atoms with van der Waals surface area (Å²) in [6.45, 7) is 5.89. The Morgan fingerprint density at radius 3 is 2.50 bits per heavy atom. The fourth-order valence-corrected chi connectivity index (χ4v) is 1.85. The van der Waals surface area contributed by atoms with Gasteiger partial charge in [-0.1, -0.05) is 13.8 Å².